The highest BCUT2D eigenvalue weighted by Gasteiger charge is 2.30. The van der Waals surface area contributed by atoms with Gasteiger partial charge in [-0.1, -0.05) is 13.8 Å². The van der Waals surface area contributed by atoms with Crippen LogP contribution in [0.2, 0.25) is 0 Å². The van der Waals surface area contributed by atoms with Crippen LogP contribution in [0.3, 0.4) is 0 Å². The van der Waals surface area contributed by atoms with Gasteiger partial charge in [-0.2, -0.15) is 0 Å². The van der Waals surface area contributed by atoms with E-state index in [1.165, 1.54) is 0 Å². The van der Waals surface area contributed by atoms with Gasteiger partial charge in [0.2, 0.25) is 5.91 Å². The van der Waals surface area contributed by atoms with Gasteiger partial charge in [-0.3, -0.25) is 9.79 Å². The summed E-state index contributed by atoms with van der Waals surface area (Å²) in [6, 6.07) is -0.903. The molecular formula is C11H21N3O2S. The lowest BCUT2D eigenvalue weighted by molar-refractivity contribution is -0.123. The molecule has 0 radical (unpaired) electrons. The van der Waals surface area contributed by atoms with Crippen molar-refractivity contribution < 1.29 is 9.90 Å². The van der Waals surface area contributed by atoms with Gasteiger partial charge in [0, 0.05) is 12.3 Å². The summed E-state index contributed by atoms with van der Waals surface area (Å²) in [7, 11) is 0. The topological polar surface area (TPSA) is 87.7 Å². The molecule has 4 N–H and O–H groups in total. The Morgan fingerprint density at radius 2 is 2.18 bits per heavy atom. The molecule has 17 heavy (non-hydrogen) atoms. The minimum atomic E-state index is -0.731. The molecule has 0 saturated heterocycles. The lowest BCUT2D eigenvalue weighted by Crippen LogP contribution is -2.52. The molecule has 1 aliphatic rings. The zero-order valence-electron chi connectivity index (χ0n) is 10.5. The maximum absolute atomic E-state index is 11.6. The molecule has 0 bridgehead atoms. The van der Waals surface area contributed by atoms with Gasteiger partial charge in [0.15, 0.2) is 0 Å². The van der Waals surface area contributed by atoms with Gasteiger partial charge in [-0.15, -0.1) is 11.8 Å². The SMILES string of the molecule is CC(C)[C@H](NC(=O)[C@H](C)N)C(O)C1=NCCS1. The van der Waals surface area contributed by atoms with Crippen molar-refractivity contribution in [3.8, 4) is 0 Å². The second-order valence-electron chi connectivity index (χ2n) is 4.58. The number of thioether (sulfide) groups is 1. The number of rotatable bonds is 5. The molecule has 0 aromatic carbocycles. The normalized spacial score (nSPS) is 20.9. The summed E-state index contributed by atoms with van der Waals surface area (Å²) in [5.41, 5.74) is 5.51. The molecule has 1 aliphatic heterocycles. The fourth-order valence-corrected chi connectivity index (χ4v) is 2.48. The quantitative estimate of drug-likeness (QED) is 0.647. The van der Waals surface area contributed by atoms with Crippen molar-refractivity contribution in [3.63, 3.8) is 0 Å². The number of nitrogens with zero attached hydrogens (tertiary/aromatic N) is 1. The van der Waals surface area contributed by atoms with Crippen molar-refractivity contribution in [1.82, 2.24) is 5.32 Å². The Balaban J connectivity index is 2.68. The third kappa shape index (κ3) is 3.97. The second-order valence-corrected chi connectivity index (χ2v) is 5.70. The number of carbonyl (C=O) groups is 1. The molecule has 0 saturated carbocycles. The van der Waals surface area contributed by atoms with E-state index in [2.05, 4.69) is 10.3 Å². The van der Waals surface area contributed by atoms with Gasteiger partial charge in [0.1, 0.15) is 6.10 Å². The lowest BCUT2D eigenvalue weighted by Gasteiger charge is -2.28. The van der Waals surface area contributed by atoms with E-state index in [9.17, 15) is 9.90 Å². The van der Waals surface area contributed by atoms with Crippen molar-refractivity contribution >= 4 is 22.7 Å². The summed E-state index contributed by atoms with van der Waals surface area (Å²) in [6.07, 6.45) is -0.731. The number of amides is 1. The van der Waals surface area contributed by atoms with Crippen LogP contribution in [0.4, 0.5) is 0 Å². The Morgan fingerprint density at radius 3 is 2.59 bits per heavy atom. The van der Waals surface area contributed by atoms with Gasteiger partial charge in [-0.25, -0.2) is 0 Å². The Morgan fingerprint density at radius 1 is 1.53 bits per heavy atom. The molecule has 5 nitrogen and oxygen atoms in total. The Labute approximate surface area is 106 Å². The summed E-state index contributed by atoms with van der Waals surface area (Å²) in [4.78, 5) is 15.8. The van der Waals surface area contributed by atoms with Crippen LogP contribution in [0.5, 0.6) is 0 Å². The molecule has 0 aromatic rings. The molecule has 3 atom stereocenters. The van der Waals surface area contributed by atoms with Crippen LogP contribution < -0.4 is 11.1 Å². The zero-order valence-corrected chi connectivity index (χ0v) is 11.3. The summed E-state index contributed by atoms with van der Waals surface area (Å²) >= 11 is 1.55. The van der Waals surface area contributed by atoms with Crippen molar-refractivity contribution in [1.29, 1.82) is 0 Å². The smallest absolute Gasteiger partial charge is 0.236 e. The minimum absolute atomic E-state index is 0.122. The number of hydrogen-bond acceptors (Lipinski definition) is 5. The fraction of sp³-hybridized carbons (Fsp3) is 0.818. The van der Waals surface area contributed by atoms with Gasteiger partial charge < -0.3 is 16.2 Å². The van der Waals surface area contributed by atoms with Crippen LogP contribution in [0.25, 0.3) is 0 Å². The first-order valence-corrected chi connectivity index (χ1v) is 6.83. The summed E-state index contributed by atoms with van der Waals surface area (Å²) in [6.45, 7) is 6.27. The maximum Gasteiger partial charge on any atom is 0.236 e. The monoisotopic (exact) mass is 259 g/mol. The van der Waals surface area contributed by atoms with Crippen LogP contribution in [0.1, 0.15) is 20.8 Å². The highest BCUT2D eigenvalue weighted by atomic mass is 32.2. The van der Waals surface area contributed by atoms with Gasteiger partial charge in [0.25, 0.3) is 0 Å². The van der Waals surface area contributed by atoms with Crippen LogP contribution >= 0.6 is 11.8 Å². The Bertz CT molecular complexity index is 305. The number of aliphatic hydroxyl groups excluding tert-OH is 1. The van der Waals surface area contributed by atoms with Crippen molar-refractivity contribution in [2.75, 3.05) is 12.3 Å². The number of aliphatic imine (C=N–C) groups is 1. The molecule has 0 aromatic heterocycles. The molecule has 1 amide bonds. The van der Waals surface area contributed by atoms with Gasteiger partial charge in [-0.05, 0) is 12.8 Å². The van der Waals surface area contributed by atoms with E-state index >= 15 is 0 Å². The van der Waals surface area contributed by atoms with E-state index in [0.717, 1.165) is 12.3 Å². The average molecular weight is 259 g/mol. The van der Waals surface area contributed by atoms with E-state index in [4.69, 9.17) is 5.73 Å². The van der Waals surface area contributed by atoms with Crippen LogP contribution in [-0.4, -0.2) is 46.5 Å². The highest BCUT2D eigenvalue weighted by Crippen LogP contribution is 2.19. The fourth-order valence-electron chi connectivity index (χ4n) is 1.59. The van der Waals surface area contributed by atoms with Crippen LogP contribution in [-0.2, 0) is 4.79 Å². The number of carbonyl (C=O) groups excluding carboxylic acids is 1. The number of nitrogens with one attached hydrogen (secondary N) is 1. The van der Waals surface area contributed by atoms with E-state index < -0.39 is 12.1 Å². The first-order chi connectivity index (χ1) is 7.93. The average Bonchev–Trinajstić information content (AvgIpc) is 2.77. The van der Waals surface area contributed by atoms with E-state index in [-0.39, 0.29) is 17.9 Å². The van der Waals surface area contributed by atoms with Gasteiger partial charge in [0.05, 0.1) is 17.1 Å². The zero-order chi connectivity index (χ0) is 13.0. The Kier molecular flexibility index (Phi) is 5.42. The van der Waals surface area contributed by atoms with Gasteiger partial charge >= 0.3 is 0 Å². The number of aliphatic hydroxyl groups is 1. The standard InChI is InChI=1S/C11H21N3O2S/c1-6(2)8(14-10(16)7(3)12)9(15)11-13-4-5-17-11/h6-9,15H,4-5,12H2,1-3H3,(H,14,16)/t7-,8-,9?/m0/s1. The molecule has 6 heteroatoms. The predicted molar refractivity (Wildman–Crippen MR) is 71.2 cm³/mol. The van der Waals surface area contributed by atoms with E-state index in [0.29, 0.717) is 5.04 Å². The largest absolute Gasteiger partial charge is 0.384 e. The molecule has 1 unspecified atom stereocenters. The predicted octanol–water partition coefficient (Wildman–Crippen LogP) is -0.0194. The maximum atomic E-state index is 11.6. The van der Waals surface area contributed by atoms with Crippen molar-refractivity contribution in [2.45, 2.75) is 39.0 Å². The molecule has 1 heterocycles. The summed E-state index contributed by atoms with van der Waals surface area (Å²) < 4.78 is 0. The first-order valence-electron chi connectivity index (χ1n) is 5.84. The summed E-state index contributed by atoms with van der Waals surface area (Å²) in [5.74, 6) is 0.779. The Hall–Kier alpha value is -0.590. The van der Waals surface area contributed by atoms with Crippen LogP contribution in [0, 0.1) is 5.92 Å². The second kappa shape index (κ2) is 6.37. The molecule has 98 valence electrons. The third-order valence-corrected chi connectivity index (χ3v) is 3.70. The third-order valence-electron chi connectivity index (χ3n) is 2.64. The minimum Gasteiger partial charge on any atom is -0.384 e. The first kappa shape index (κ1) is 14.5. The molecule has 0 fully saturated rings. The van der Waals surface area contributed by atoms with Crippen molar-refractivity contribution in [2.24, 2.45) is 16.6 Å². The number of hydrogen-bond donors (Lipinski definition) is 3. The van der Waals surface area contributed by atoms with Crippen LogP contribution in [0.15, 0.2) is 4.99 Å². The molecule has 0 spiro atoms. The highest BCUT2D eigenvalue weighted by molar-refractivity contribution is 8.14. The van der Waals surface area contributed by atoms with E-state index in [1.54, 1.807) is 18.7 Å². The van der Waals surface area contributed by atoms with Crippen molar-refractivity contribution in [3.05, 3.63) is 0 Å². The molecule has 0 aliphatic carbocycles. The lowest BCUT2D eigenvalue weighted by atomic mass is 9.98. The molecule has 1 rings (SSSR count). The number of nitrogens with two attached hydrogens (primary N) is 1. The summed E-state index contributed by atoms with van der Waals surface area (Å²) in [5, 5.41) is 13.7. The van der Waals surface area contributed by atoms with E-state index in [1.807, 2.05) is 13.8 Å². The molecular weight excluding hydrogens is 238 g/mol.